The number of rotatable bonds is 9. The number of halogens is 2. The van der Waals surface area contributed by atoms with Crippen LogP contribution in [0.5, 0.6) is 0 Å². The molecule has 1 aromatic heterocycles. The minimum absolute atomic E-state index is 0.00518. The average molecular weight is 489 g/mol. The van der Waals surface area contributed by atoms with Crippen molar-refractivity contribution in [2.45, 2.75) is 6.54 Å². The van der Waals surface area contributed by atoms with Crippen molar-refractivity contribution < 1.29 is 23.9 Å². The summed E-state index contributed by atoms with van der Waals surface area (Å²) in [7, 11) is 1.65. The molecule has 0 saturated carbocycles. The van der Waals surface area contributed by atoms with Gasteiger partial charge in [-0.3, -0.25) is 14.4 Å². The molecule has 0 saturated heterocycles. The van der Waals surface area contributed by atoms with Gasteiger partial charge in [0.05, 0.1) is 24.6 Å². The van der Waals surface area contributed by atoms with E-state index in [2.05, 4.69) is 26.1 Å². The average Bonchev–Trinajstić information content (AvgIpc) is 2.65. The van der Waals surface area contributed by atoms with E-state index in [4.69, 9.17) is 9.94 Å². The minimum Gasteiger partial charge on any atom is -0.394 e. The van der Waals surface area contributed by atoms with E-state index in [9.17, 15) is 14.0 Å². The Bertz CT molecular complexity index is 837. The van der Waals surface area contributed by atoms with Crippen molar-refractivity contribution in [1.29, 1.82) is 0 Å². The molecule has 0 aliphatic carbocycles. The largest absolute Gasteiger partial charge is 0.394 e. The second-order valence-electron chi connectivity index (χ2n) is 5.15. The maximum Gasteiger partial charge on any atom is 0.297 e. The Morgan fingerprint density at radius 2 is 2.19 bits per heavy atom. The lowest BCUT2D eigenvalue weighted by Crippen LogP contribution is -2.28. The molecule has 0 aliphatic heterocycles. The summed E-state index contributed by atoms with van der Waals surface area (Å²) in [5.74, 6) is -1.43. The highest BCUT2D eigenvalue weighted by Gasteiger charge is 2.20. The molecule has 0 fully saturated rings. The lowest BCUT2D eigenvalue weighted by atomic mass is 10.2. The summed E-state index contributed by atoms with van der Waals surface area (Å²) in [5, 5.41) is 14.2. The first kappa shape index (κ1) is 21.1. The maximum atomic E-state index is 14.2. The van der Waals surface area contributed by atoms with Gasteiger partial charge in [0.1, 0.15) is 11.5 Å². The van der Waals surface area contributed by atoms with Crippen LogP contribution in [0.15, 0.2) is 18.2 Å². The number of nitrogens with zero attached hydrogens (tertiary/aromatic N) is 2. The van der Waals surface area contributed by atoms with E-state index in [1.807, 2.05) is 22.6 Å². The van der Waals surface area contributed by atoms with Gasteiger partial charge in [-0.25, -0.2) is 19.8 Å². The van der Waals surface area contributed by atoms with Crippen molar-refractivity contribution in [3.05, 3.63) is 44.7 Å². The predicted octanol–water partition coefficient (Wildman–Crippen LogP) is 1.15. The Labute approximate surface area is 167 Å². The molecule has 144 valence electrons. The second kappa shape index (κ2) is 10.2. The van der Waals surface area contributed by atoms with E-state index in [-0.39, 0.29) is 48.3 Å². The van der Waals surface area contributed by atoms with Crippen LogP contribution < -0.4 is 16.1 Å². The van der Waals surface area contributed by atoms with Gasteiger partial charge in [-0.2, -0.15) is 0 Å². The molecular formula is C16H17FIN5O4. The number of anilines is 2. The summed E-state index contributed by atoms with van der Waals surface area (Å²) in [6.07, 6.45) is 0.499. The third-order valence-corrected chi connectivity index (χ3v) is 3.88. The van der Waals surface area contributed by atoms with Crippen molar-refractivity contribution in [1.82, 2.24) is 20.8 Å². The summed E-state index contributed by atoms with van der Waals surface area (Å²) in [5.41, 5.74) is 2.23. The van der Waals surface area contributed by atoms with Gasteiger partial charge in [0.25, 0.3) is 5.91 Å². The van der Waals surface area contributed by atoms with Crippen molar-refractivity contribution in [2.24, 2.45) is 0 Å². The number of nitrogens with one attached hydrogen (secondary N) is 3. The molecule has 0 spiro atoms. The zero-order valence-electron chi connectivity index (χ0n) is 14.3. The zero-order chi connectivity index (χ0) is 19.8. The third kappa shape index (κ3) is 5.63. The number of carbonyl (C=O) groups is 2. The molecule has 0 unspecified atom stereocenters. The molecule has 0 radical (unpaired) electrons. The molecule has 1 aromatic carbocycles. The fraction of sp³-hybridized carbons (Fsp3) is 0.250. The number of aliphatic hydroxyl groups is 1. The number of hydrogen-bond donors (Lipinski definition) is 4. The van der Waals surface area contributed by atoms with Crippen molar-refractivity contribution in [3.8, 4) is 0 Å². The van der Waals surface area contributed by atoms with Crippen LogP contribution in [-0.4, -0.2) is 47.5 Å². The predicted molar refractivity (Wildman–Crippen MR) is 103 cm³/mol. The number of amides is 1. The van der Waals surface area contributed by atoms with Crippen LogP contribution in [0.3, 0.4) is 0 Å². The first-order valence-electron chi connectivity index (χ1n) is 7.76. The minimum atomic E-state index is -0.765. The maximum absolute atomic E-state index is 14.2. The van der Waals surface area contributed by atoms with Gasteiger partial charge in [0.2, 0.25) is 0 Å². The van der Waals surface area contributed by atoms with E-state index in [0.717, 1.165) is 0 Å². The standard InChI is InChI=1S/C16H17FIN5O4/c1-19-7-12-13(8-25)22-15(14(20-12)16(26)23-27-5-4-24)21-11-3-2-9(18)6-10(11)17/h2-3,6,8,19,24H,4-5,7H2,1H3,(H,21,22)(H,23,26). The van der Waals surface area contributed by atoms with Gasteiger partial charge in [-0.15, -0.1) is 0 Å². The summed E-state index contributed by atoms with van der Waals surface area (Å²) in [4.78, 5) is 36.7. The number of aldehydes is 1. The number of hydroxylamine groups is 1. The summed E-state index contributed by atoms with van der Waals surface area (Å²) < 4.78 is 14.8. The fourth-order valence-electron chi connectivity index (χ4n) is 2.05. The van der Waals surface area contributed by atoms with Gasteiger partial charge >= 0.3 is 0 Å². The van der Waals surface area contributed by atoms with Crippen LogP contribution in [0.1, 0.15) is 26.7 Å². The molecule has 0 bridgehead atoms. The first-order valence-corrected chi connectivity index (χ1v) is 8.83. The number of benzene rings is 1. The smallest absolute Gasteiger partial charge is 0.297 e. The van der Waals surface area contributed by atoms with E-state index >= 15 is 0 Å². The van der Waals surface area contributed by atoms with Gasteiger partial charge in [0.15, 0.2) is 17.8 Å². The molecule has 4 N–H and O–H groups in total. The van der Waals surface area contributed by atoms with Crippen LogP contribution in [0.2, 0.25) is 0 Å². The first-order chi connectivity index (χ1) is 13.0. The third-order valence-electron chi connectivity index (χ3n) is 3.21. The highest BCUT2D eigenvalue weighted by Crippen LogP contribution is 2.23. The summed E-state index contributed by atoms with van der Waals surface area (Å²) >= 11 is 1.96. The highest BCUT2D eigenvalue weighted by molar-refractivity contribution is 14.1. The second-order valence-corrected chi connectivity index (χ2v) is 6.40. The van der Waals surface area contributed by atoms with Gasteiger partial charge in [-0.05, 0) is 47.8 Å². The molecule has 9 nitrogen and oxygen atoms in total. The molecule has 27 heavy (non-hydrogen) atoms. The topological polar surface area (TPSA) is 125 Å². The molecule has 11 heteroatoms. The van der Waals surface area contributed by atoms with Crippen LogP contribution in [-0.2, 0) is 11.4 Å². The van der Waals surface area contributed by atoms with Crippen LogP contribution >= 0.6 is 22.6 Å². The molecular weight excluding hydrogens is 472 g/mol. The van der Waals surface area contributed by atoms with Crippen LogP contribution in [0, 0.1) is 9.39 Å². The Morgan fingerprint density at radius 1 is 1.41 bits per heavy atom. The Kier molecular flexibility index (Phi) is 7.97. The molecule has 1 heterocycles. The van der Waals surface area contributed by atoms with Gasteiger partial charge < -0.3 is 15.7 Å². The van der Waals surface area contributed by atoms with E-state index < -0.39 is 11.7 Å². The number of aromatic nitrogens is 2. The van der Waals surface area contributed by atoms with E-state index in [1.54, 1.807) is 13.1 Å². The van der Waals surface area contributed by atoms with E-state index in [1.165, 1.54) is 12.1 Å². The van der Waals surface area contributed by atoms with Crippen molar-refractivity contribution >= 4 is 46.3 Å². The quantitative estimate of drug-likeness (QED) is 0.179. The lowest BCUT2D eigenvalue weighted by Gasteiger charge is -2.14. The molecule has 2 rings (SSSR count). The van der Waals surface area contributed by atoms with Gasteiger partial charge in [-0.1, -0.05) is 0 Å². The molecule has 0 atom stereocenters. The normalized spacial score (nSPS) is 10.5. The van der Waals surface area contributed by atoms with Crippen molar-refractivity contribution in [2.75, 3.05) is 25.6 Å². The number of aliphatic hydroxyl groups excluding tert-OH is 1. The van der Waals surface area contributed by atoms with Crippen LogP contribution in [0.4, 0.5) is 15.9 Å². The monoisotopic (exact) mass is 489 g/mol. The Hall–Kier alpha value is -2.22. The number of hydrogen-bond acceptors (Lipinski definition) is 8. The fourth-order valence-corrected chi connectivity index (χ4v) is 2.50. The van der Waals surface area contributed by atoms with Crippen molar-refractivity contribution in [3.63, 3.8) is 0 Å². The number of carbonyl (C=O) groups excluding carboxylic acids is 2. The SMILES string of the molecule is CNCc1nc(C(=O)NOCCO)c(Nc2ccc(I)cc2F)nc1C=O. The van der Waals surface area contributed by atoms with Gasteiger partial charge in [0, 0.05) is 10.1 Å². The molecule has 1 amide bonds. The molecule has 0 aliphatic rings. The zero-order valence-corrected chi connectivity index (χ0v) is 16.4. The Morgan fingerprint density at radius 3 is 2.81 bits per heavy atom. The lowest BCUT2D eigenvalue weighted by molar-refractivity contribution is 0.0165. The summed E-state index contributed by atoms with van der Waals surface area (Å²) in [6.45, 7) is -0.222. The summed E-state index contributed by atoms with van der Waals surface area (Å²) in [6, 6.07) is 4.45. The highest BCUT2D eigenvalue weighted by atomic mass is 127. The van der Waals surface area contributed by atoms with Crippen LogP contribution in [0.25, 0.3) is 0 Å². The van der Waals surface area contributed by atoms with E-state index in [0.29, 0.717) is 9.86 Å². The molecule has 2 aromatic rings. The Balaban J connectivity index is 2.45.